The van der Waals surface area contributed by atoms with E-state index in [0.29, 0.717) is 0 Å². The first-order valence-electron chi connectivity index (χ1n) is 4.98. The highest BCUT2D eigenvalue weighted by atomic mass is 14.7. The molecule has 0 fully saturated rings. The molecule has 0 aliphatic heterocycles. The molecule has 0 saturated heterocycles. The molecule has 0 radical (unpaired) electrons. The summed E-state index contributed by atoms with van der Waals surface area (Å²) in [6.07, 6.45) is 9.02. The van der Waals surface area contributed by atoms with Crippen LogP contribution < -0.4 is 0 Å². The number of allylic oxidation sites excluding steroid dienone is 3. The SMILES string of the molecule is C=C/C=C(/C)N=C.CCCCCC. The lowest BCUT2D eigenvalue weighted by molar-refractivity contribution is 0.702. The monoisotopic (exact) mass is 181 g/mol. The summed E-state index contributed by atoms with van der Waals surface area (Å²) in [5, 5.41) is 0. The Balaban J connectivity index is 0. The van der Waals surface area contributed by atoms with Gasteiger partial charge in [0.25, 0.3) is 0 Å². The van der Waals surface area contributed by atoms with Crippen molar-refractivity contribution < 1.29 is 0 Å². The molecular weight excluding hydrogens is 158 g/mol. The molecule has 0 aliphatic carbocycles. The van der Waals surface area contributed by atoms with Crippen LogP contribution in [-0.4, -0.2) is 6.72 Å². The van der Waals surface area contributed by atoms with Crippen LogP contribution in [0.3, 0.4) is 0 Å². The lowest BCUT2D eigenvalue weighted by Crippen LogP contribution is -1.66. The number of rotatable bonds is 5. The molecule has 0 N–H and O–H groups in total. The zero-order valence-corrected chi connectivity index (χ0v) is 9.34. The van der Waals surface area contributed by atoms with Crippen molar-refractivity contribution in [3.8, 4) is 0 Å². The van der Waals surface area contributed by atoms with E-state index in [1.807, 2.05) is 6.92 Å². The number of hydrogen-bond donors (Lipinski definition) is 0. The fourth-order valence-corrected chi connectivity index (χ4v) is 0.723. The highest BCUT2D eigenvalue weighted by Gasteiger charge is 1.75. The van der Waals surface area contributed by atoms with Gasteiger partial charge in [0.15, 0.2) is 0 Å². The maximum atomic E-state index is 3.62. The van der Waals surface area contributed by atoms with E-state index in [2.05, 4.69) is 32.1 Å². The van der Waals surface area contributed by atoms with Gasteiger partial charge < -0.3 is 0 Å². The van der Waals surface area contributed by atoms with E-state index in [9.17, 15) is 0 Å². The quantitative estimate of drug-likeness (QED) is 0.339. The normalized spacial score (nSPS) is 9.92. The molecule has 0 bridgehead atoms. The minimum Gasteiger partial charge on any atom is -0.269 e. The Hall–Kier alpha value is -0.850. The Kier molecular flexibility index (Phi) is 15.5. The summed E-state index contributed by atoms with van der Waals surface area (Å²) in [6.45, 7) is 13.1. The van der Waals surface area contributed by atoms with Crippen LogP contribution in [0.2, 0.25) is 0 Å². The van der Waals surface area contributed by atoms with E-state index in [-0.39, 0.29) is 0 Å². The van der Waals surface area contributed by atoms with E-state index in [4.69, 9.17) is 0 Å². The van der Waals surface area contributed by atoms with Crippen LogP contribution in [0, 0.1) is 0 Å². The lowest BCUT2D eigenvalue weighted by atomic mass is 10.2. The molecular formula is C12H23N. The first kappa shape index (κ1) is 14.7. The van der Waals surface area contributed by atoms with Crippen molar-refractivity contribution in [3.63, 3.8) is 0 Å². The van der Waals surface area contributed by atoms with Crippen molar-refractivity contribution in [1.29, 1.82) is 0 Å². The number of unbranched alkanes of at least 4 members (excludes halogenated alkanes) is 3. The summed E-state index contributed by atoms with van der Waals surface area (Å²) in [6, 6.07) is 0. The Bertz CT molecular complexity index is 141. The average molecular weight is 181 g/mol. The zero-order valence-electron chi connectivity index (χ0n) is 9.34. The molecule has 0 rings (SSSR count). The fraction of sp³-hybridized carbons (Fsp3) is 0.583. The van der Waals surface area contributed by atoms with Crippen molar-refractivity contribution >= 4 is 6.72 Å². The first-order valence-corrected chi connectivity index (χ1v) is 4.98. The van der Waals surface area contributed by atoms with Gasteiger partial charge in [0.05, 0.1) is 0 Å². The fourth-order valence-electron chi connectivity index (χ4n) is 0.723. The minimum atomic E-state index is 0.898. The molecule has 0 spiro atoms. The average Bonchev–Trinajstić information content (AvgIpc) is 2.16. The van der Waals surface area contributed by atoms with Gasteiger partial charge in [-0.15, -0.1) is 0 Å². The van der Waals surface area contributed by atoms with Crippen LogP contribution in [0.25, 0.3) is 0 Å². The van der Waals surface area contributed by atoms with E-state index < -0.39 is 0 Å². The predicted octanol–water partition coefficient (Wildman–Crippen LogP) is 4.36. The molecule has 0 heterocycles. The Morgan fingerprint density at radius 2 is 1.69 bits per heavy atom. The molecule has 0 aromatic rings. The summed E-state index contributed by atoms with van der Waals surface area (Å²) in [4.78, 5) is 3.62. The van der Waals surface area contributed by atoms with Crippen molar-refractivity contribution in [1.82, 2.24) is 0 Å². The van der Waals surface area contributed by atoms with Crippen LogP contribution in [0.4, 0.5) is 0 Å². The van der Waals surface area contributed by atoms with Crippen molar-refractivity contribution in [3.05, 3.63) is 24.4 Å². The molecule has 0 amide bonds. The van der Waals surface area contributed by atoms with E-state index in [0.717, 1.165) is 5.70 Å². The van der Waals surface area contributed by atoms with Gasteiger partial charge in [0, 0.05) is 5.70 Å². The van der Waals surface area contributed by atoms with Crippen molar-refractivity contribution in [2.45, 2.75) is 46.5 Å². The van der Waals surface area contributed by atoms with E-state index in [1.165, 1.54) is 25.7 Å². The maximum Gasteiger partial charge on any atom is 0.0365 e. The third kappa shape index (κ3) is 18.3. The number of nitrogens with zero attached hydrogens (tertiary/aromatic N) is 1. The number of hydrogen-bond acceptors (Lipinski definition) is 1. The largest absolute Gasteiger partial charge is 0.269 e. The van der Waals surface area contributed by atoms with Gasteiger partial charge in [-0.05, 0) is 19.7 Å². The van der Waals surface area contributed by atoms with Crippen molar-refractivity contribution in [2.75, 3.05) is 0 Å². The molecule has 13 heavy (non-hydrogen) atoms. The Morgan fingerprint density at radius 1 is 1.23 bits per heavy atom. The van der Waals surface area contributed by atoms with Gasteiger partial charge in [0.1, 0.15) is 0 Å². The highest BCUT2D eigenvalue weighted by molar-refractivity contribution is 5.29. The van der Waals surface area contributed by atoms with Crippen LogP contribution in [0.1, 0.15) is 46.5 Å². The van der Waals surface area contributed by atoms with E-state index in [1.54, 1.807) is 12.2 Å². The smallest absolute Gasteiger partial charge is 0.0365 e. The van der Waals surface area contributed by atoms with Gasteiger partial charge in [-0.2, -0.15) is 0 Å². The molecule has 0 atom stereocenters. The van der Waals surface area contributed by atoms with Crippen LogP contribution in [0.15, 0.2) is 29.4 Å². The lowest BCUT2D eigenvalue weighted by Gasteiger charge is -1.86. The van der Waals surface area contributed by atoms with Gasteiger partial charge >= 0.3 is 0 Å². The second kappa shape index (κ2) is 13.7. The summed E-state index contributed by atoms with van der Waals surface area (Å²) < 4.78 is 0. The molecule has 0 unspecified atom stereocenters. The van der Waals surface area contributed by atoms with Crippen LogP contribution in [-0.2, 0) is 0 Å². The zero-order chi connectivity index (χ0) is 10.5. The first-order chi connectivity index (χ1) is 6.22. The van der Waals surface area contributed by atoms with Gasteiger partial charge in [-0.3, -0.25) is 4.99 Å². The van der Waals surface area contributed by atoms with Crippen molar-refractivity contribution in [2.24, 2.45) is 4.99 Å². The predicted molar refractivity (Wildman–Crippen MR) is 63.3 cm³/mol. The standard InChI is InChI=1S/C6H9N.C6H14/c1-4-5-6(2)7-3;1-3-5-6-4-2/h4-5H,1,3H2,2H3;3-6H2,1-2H3/b6-5-;. The van der Waals surface area contributed by atoms with Gasteiger partial charge in [-0.25, -0.2) is 0 Å². The second-order valence-electron chi connectivity index (χ2n) is 2.91. The topological polar surface area (TPSA) is 12.4 Å². The summed E-state index contributed by atoms with van der Waals surface area (Å²) in [5.41, 5.74) is 0.898. The molecule has 76 valence electrons. The molecule has 0 aromatic carbocycles. The van der Waals surface area contributed by atoms with Gasteiger partial charge in [-0.1, -0.05) is 52.2 Å². The third-order valence-electron chi connectivity index (χ3n) is 1.57. The second-order valence-corrected chi connectivity index (χ2v) is 2.91. The molecule has 1 heteroatoms. The summed E-state index contributed by atoms with van der Waals surface area (Å²) in [7, 11) is 0. The highest BCUT2D eigenvalue weighted by Crippen LogP contribution is 1.95. The van der Waals surface area contributed by atoms with Crippen LogP contribution >= 0.6 is 0 Å². The summed E-state index contributed by atoms with van der Waals surface area (Å²) in [5.74, 6) is 0. The summed E-state index contributed by atoms with van der Waals surface area (Å²) >= 11 is 0. The molecule has 0 aliphatic rings. The third-order valence-corrected chi connectivity index (χ3v) is 1.57. The molecule has 1 nitrogen and oxygen atoms in total. The maximum absolute atomic E-state index is 3.62. The molecule has 0 aromatic heterocycles. The molecule has 0 saturated carbocycles. The Morgan fingerprint density at radius 3 is 1.85 bits per heavy atom. The Labute approximate surface area is 83.3 Å². The minimum absolute atomic E-state index is 0.898. The van der Waals surface area contributed by atoms with Gasteiger partial charge in [0.2, 0.25) is 0 Å². The van der Waals surface area contributed by atoms with E-state index >= 15 is 0 Å². The van der Waals surface area contributed by atoms with Crippen LogP contribution in [0.5, 0.6) is 0 Å². The number of aliphatic imine (C=N–C) groups is 1.